The molecule has 0 spiro atoms. The number of allylic oxidation sites excluding steroid dienone is 2. The van der Waals surface area contributed by atoms with Gasteiger partial charge in [0.05, 0.1) is 0 Å². The van der Waals surface area contributed by atoms with Crippen LogP contribution in [0.3, 0.4) is 0 Å². The minimum absolute atomic E-state index is 0.192. The van der Waals surface area contributed by atoms with Gasteiger partial charge in [0.25, 0.3) is 0 Å². The molecule has 3 atom stereocenters. The summed E-state index contributed by atoms with van der Waals surface area (Å²) in [7, 11) is 0. The molecule has 0 aromatic heterocycles. The topological polar surface area (TPSA) is 43.1 Å². The molecule has 0 radical (unpaired) electrons. The molecule has 0 fully saturated rings. The Morgan fingerprint density at radius 1 is 1.12 bits per heavy atom. The van der Waals surface area contributed by atoms with Crippen LogP contribution >= 0.6 is 0 Å². The Balaban J connectivity index is 3.78. The van der Waals surface area contributed by atoms with E-state index in [1.54, 1.807) is 0 Å². The molecule has 0 aliphatic carbocycles. The van der Waals surface area contributed by atoms with Gasteiger partial charge in [-0.15, -0.1) is 0 Å². The average Bonchev–Trinajstić information content (AvgIpc) is 2.22. The summed E-state index contributed by atoms with van der Waals surface area (Å²) in [5, 5.41) is 0. The van der Waals surface area contributed by atoms with Crippen molar-refractivity contribution < 1.29 is 4.79 Å². The fourth-order valence-electron chi connectivity index (χ4n) is 1.56. The molecular weight excluding hydrogens is 198 g/mol. The van der Waals surface area contributed by atoms with Crippen molar-refractivity contribution in [2.45, 2.75) is 53.4 Å². The quantitative estimate of drug-likeness (QED) is 0.631. The second-order valence-electron chi connectivity index (χ2n) is 5.08. The Bertz CT molecular complexity index is 223. The molecule has 2 N–H and O–H groups in total. The molecule has 0 heterocycles. The normalized spacial score (nSPS) is 17.2. The third-order valence-corrected chi connectivity index (χ3v) is 3.40. The average molecular weight is 225 g/mol. The lowest BCUT2D eigenvalue weighted by atomic mass is 9.89. The zero-order valence-electron chi connectivity index (χ0n) is 11.2. The second-order valence-corrected chi connectivity index (χ2v) is 5.08. The van der Waals surface area contributed by atoms with Crippen LogP contribution in [-0.4, -0.2) is 5.91 Å². The van der Waals surface area contributed by atoms with Gasteiger partial charge in [-0.2, -0.15) is 0 Å². The lowest BCUT2D eigenvalue weighted by Gasteiger charge is -2.16. The van der Waals surface area contributed by atoms with Crippen molar-refractivity contribution in [3.63, 3.8) is 0 Å². The predicted octanol–water partition coefficient (Wildman–Crippen LogP) is 3.52. The minimum Gasteiger partial charge on any atom is -0.370 e. The van der Waals surface area contributed by atoms with E-state index in [4.69, 9.17) is 5.73 Å². The first-order valence-electron chi connectivity index (χ1n) is 6.40. The molecule has 94 valence electrons. The number of rotatable bonds is 8. The summed E-state index contributed by atoms with van der Waals surface area (Å²) in [5.74, 6) is 1.49. The molecule has 0 rings (SSSR count). The second kappa shape index (κ2) is 8.37. The molecule has 0 aromatic rings. The summed E-state index contributed by atoms with van der Waals surface area (Å²) in [6.07, 6.45) is 8.45. The van der Waals surface area contributed by atoms with Crippen molar-refractivity contribution >= 4 is 5.91 Å². The Morgan fingerprint density at radius 2 is 1.69 bits per heavy atom. The molecule has 0 bridgehead atoms. The van der Waals surface area contributed by atoms with Crippen molar-refractivity contribution in [1.82, 2.24) is 0 Å². The van der Waals surface area contributed by atoms with Crippen LogP contribution in [0.2, 0.25) is 0 Å². The number of carbonyl (C=O) groups excluding carboxylic acids is 1. The zero-order valence-corrected chi connectivity index (χ0v) is 11.2. The fourth-order valence-corrected chi connectivity index (χ4v) is 1.56. The third kappa shape index (κ3) is 7.49. The number of carbonyl (C=O) groups is 1. The van der Waals surface area contributed by atoms with Crippen molar-refractivity contribution in [2.24, 2.45) is 23.5 Å². The molecule has 0 aliphatic heterocycles. The van der Waals surface area contributed by atoms with E-state index in [1.165, 1.54) is 6.42 Å². The van der Waals surface area contributed by atoms with Gasteiger partial charge in [-0.05, 0) is 30.6 Å². The van der Waals surface area contributed by atoms with Crippen LogP contribution in [0.15, 0.2) is 12.2 Å². The van der Waals surface area contributed by atoms with Gasteiger partial charge in [-0.25, -0.2) is 0 Å². The smallest absolute Gasteiger partial charge is 0.217 e. The van der Waals surface area contributed by atoms with Gasteiger partial charge >= 0.3 is 0 Å². The number of primary amides is 1. The van der Waals surface area contributed by atoms with Gasteiger partial charge in [0, 0.05) is 6.42 Å². The standard InChI is InChI=1S/C14H27NO/c1-5-11(2)8-6-7-9-12(3)13(4)10-14(15)16/h6-7,11-13H,5,8-10H2,1-4H3,(H2,15,16). The van der Waals surface area contributed by atoms with E-state index in [2.05, 4.69) is 39.8 Å². The fraction of sp³-hybridized carbons (Fsp3) is 0.786. The van der Waals surface area contributed by atoms with E-state index in [0.29, 0.717) is 18.3 Å². The maximum atomic E-state index is 10.8. The summed E-state index contributed by atoms with van der Waals surface area (Å²) in [4.78, 5) is 10.8. The molecule has 2 heteroatoms. The molecule has 3 unspecified atom stereocenters. The number of nitrogens with two attached hydrogens (primary N) is 1. The van der Waals surface area contributed by atoms with Crippen LogP contribution in [0, 0.1) is 17.8 Å². The van der Waals surface area contributed by atoms with Crippen molar-refractivity contribution in [3.8, 4) is 0 Å². The first-order chi connectivity index (χ1) is 7.47. The van der Waals surface area contributed by atoms with Crippen LogP contribution < -0.4 is 5.73 Å². The van der Waals surface area contributed by atoms with E-state index in [9.17, 15) is 4.79 Å². The highest BCUT2D eigenvalue weighted by atomic mass is 16.1. The summed E-state index contributed by atoms with van der Waals surface area (Å²) in [5.41, 5.74) is 5.19. The van der Waals surface area contributed by atoms with Gasteiger partial charge in [0.2, 0.25) is 5.91 Å². The molecule has 2 nitrogen and oxygen atoms in total. The maximum Gasteiger partial charge on any atom is 0.217 e. The lowest BCUT2D eigenvalue weighted by molar-refractivity contribution is -0.119. The van der Waals surface area contributed by atoms with Crippen LogP contribution in [0.1, 0.15) is 53.4 Å². The highest BCUT2D eigenvalue weighted by Crippen LogP contribution is 2.19. The molecule has 16 heavy (non-hydrogen) atoms. The van der Waals surface area contributed by atoms with E-state index < -0.39 is 0 Å². The van der Waals surface area contributed by atoms with Gasteiger partial charge in [0.1, 0.15) is 0 Å². The summed E-state index contributed by atoms with van der Waals surface area (Å²) in [6.45, 7) is 8.76. The Kier molecular flexibility index (Phi) is 7.96. The Labute approximate surface area is 100 Å². The van der Waals surface area contributed by atoms with Gasteiger partial charge in [-0.3, -0.25) is 4.79 Å². The predicted molar refractivity (Wildman–Crippen MR) is 70.0 cm³/mol. The highest BCUT2D eigenvalue weighted by Gasteiger charge is 2.12. The number of amides is 1. The molecule has 0 saturated heterocycles. The molecule has 0 aromatic carbocycles. The summed E-state index contributed by atoms with van der Waals surface area (Å²) in [6, 6.07) is 0. The maximum absolute atomic E-state index is 10.8. The Morgan fingerprint density at radius 3 is 2.19 bits per heavy atom. The SMILES string of the molecule is CCC(C)CC=CCC(C)C(C)CC(N)=O. The molecular formula is C14H27NO. The summed E-state index contributed by atoms with van der Waals surface area (Å²) >= 11 is 0. The first kappa shape index (κ1) is 15.2. The van der Waals surface area contributed by atoms with Gasteiger partial charge in [0.15, 0.2) is 0 Å². The molecule has 1 amide bonds. The van der Waals surface area contributed by atoms with Gasteiger partial charge < -0.3 is 5.73 Å². The van der Waals surface area contributed by atoms with Crippen LogP contribution in [0.5, 0.6) is 0 Å². The zero-order chi connectivity index (χ0) is 12.6. The van der Waals surface area contributed by atoms with E-state index in [1.807, 2.05) is 0 Å². The number of hydrogen-bond acceptors (Lipinski definition) is 1. The van der Waals surface area contributed by atoms with E-state index >= 15 is 0 Å². The molecule has 0 saturated carbocycles. The third-order valence-electron chi connectivity index (χ3n) is 3.40. The lowest BCUT2D eigenvalue weighted by Crippen LogP contribution is -2.18. The summed E-state index contributed by atoms with van der Waals surface area (Å²) < 4.78 is 0. The van der Waals surface area contributed by atoms with Crippen LogP contribution in [0.25, 0.3) is 0 Å². The highest BCUT2D eigenvalue weighted by molar-refractivity contribution is 5.73. The minimum atomic E-state index is -0.192. The van der Waals surface area contributed by atoms with Crippen LogP contribution in [0.4, 0.5) is 0 Å². The molecule has 0 aliphatic rings. The van der Waals surface area contributed by atoms with Crippen molar-refractivity contribution in [1.29, 1.82) is 0 Å². The Hall–Kier alpha value is -0.790. The first-order valence-corrected chi connectivity index (χ1v) is 6.40. The van der Waals surface area contributed by atoms with Gasteiger partial charge in [-0.1, -0.05) is 46.3 Å². The van der Waals surface area contributed by atoms with E-state index in [-0.39, 0.29) is 5.91 Å². The van der Waals surface area contributed by atoms with E-state index in [0.717, 1.165) is 18.8 Å². The van der Waals surface area contributed by atoms with Crippen LogP contribution in [-0.2, 0) is 4.79 Å². The number of hydrogen-bond donors (Lipinski definition) is 1. The monoisotopic (exact) mass is 225 g/mol. The van der Waals surface area contributed by atoms with Crippen molar-refractivity contribution in [2.75, 3.05) is 0 Å². The largest absolute Gasteiger partial charge is 0.370 e. The van der Waals surface area contributed by atoms with Crippen molar-refractivity contribution in [3.05, 3.63) is 12.2 Å².